The van der Waals surface area contributed by atoms with E-state index < -0.39 is 0 Å². The lowest BCUT2D eigenvalue weighted by Gasteiger charge is -2.25. The smallest absolute Gasteiger partial charge is 0.226 e. The number of amides is 1. The molecule has 132 valence electrons. The molecule has 0 aliphatic heterocycles. The van der Waals surface area contributed by atoms with Gasteiger partial charge in [-0.25, -0.2) is 0 Å². The molecule has 0 radical (unpaired) electrons. The molecule has 22 heavy (non-hydrogen) atoms. The quantitative estimate of drug-likeness (QED) is 0.557. The number of likely N-dealkylation sites (N-methyl/N-ethyl adjacent to an activating group) is 1. The highest BCUT2D eigenvalue weighted by molar-refractivity contribution is 7.99. The van der Waals surface area contributed by atoms with Crippen LogP contribution in [-0.2, 0) is 14.3 Å². The number of rotatable bonds is 13. The predicted octanol–water partition coefficient (Wildman–Crippen LogP) is 1.87. The van der Waals surface area contributed by atoms with E-state index in [2.05, 4.69) is 24.1 Å². The van der Waals surface area contributed by atoms with Gasteiger partial charge in [0.15, 0.2) is 0 Å². The number of hydrogen-bond acceptors (Lipinski definition) is 5. The zero-order valence-corrected chi connectivity index (χ0v) is 15.9. The van der Waals surface area contributed by atoms with Gasteiger partial charge < -0.3 is 19.7 Å². The fourth-order valence-electron chi connectivity index (χ4n) is 1.99. The topological polar surface area (TPSA) is 50.8 Å². The van der Waals surface area contributed by atoms with E-state index in [1.807, 2.05) is 13.8 Å². The molecule has 0 heterocycles. The van der Waals surface area contributed by atoms with Crippen molar-refractivity contribution >= 4 is 17.7 Å². The molecule has 0 rings (SSSR count). The summed E-state index contributed by atoms with van der Waals surface area (Å²) in [7, 11) is 3.36. The number of ether oxygens (including phenoxy) is 2. The molecule has 0 aromatic rings. The monoisotopic (exact) mass is 334 g/mol. The average Bonchev–Trinajstić information content (AvgIpc) is 2.50. The predicted molar refractivity (Wildman–Crippen MR) is 94.6 cm³/mol. The minimum Gasteiger partial charge on any atom is -0.382 e. The highest BCUT2D eigenvalue weighted by atomic mass is 32.2. The fraction of sp³-hybridized carbons (Fsp3) is 0.938. The van der Waals surface area contributed by atoms with Crippen molar-refractivity contribution in [2.45, 2.75) is 33.8 Å². The van der Waals surface area contributed by atoms with Crippen molar-refractivity contribution in [3.8, 4) is 0 Å². The first-order valence-corrected chi connectivity index (χ1v) is 9.16. The lowest BCUT2D eigenvalue weighted by atomic mass is 9.95. The first-order valence-electron chi connectivity index (χ1n) is 8.01. The van der Waals surface area contributed by atoms with Gasteiger partial charge in [-0.1, -0.05) is 27.7 Å². The van der Waals surface area contributed by atoms with Gasteiger partial charge in [0.2, 0.25) is 5.91 Å². The summed E-state index contributed by atoms with van der Waals surface area (Å²) >= 11 is 1.73. The summed E-state index contributed by atoms with van der Waals surface area (Å²) in [5.41, 5.74) is -0.376. The van der Waals surface area contributed by atoms with Crippen LogP contribution in [0.25, 0.3) is 0 Å². The van der Waals surface area contributed by atoms with Crippen molar-refractivity contribution in [3.63, 3.8) is 0 Å². The lowest BCUT2D eigenvalue weighted by molar-refractivity contribution is -0.128. The summed E-state index contributed by atoms with van der Waals surface area (Å²) in [6.07, 6.45) is 0.0801. The van der Waals surface area contributed by atoms with Crippen LogP contribution in [0, 0.1) is 5.41 Å². The zero-order valence-electron chi connectivity index (χ0n) is 15.1. The largest absolute Gasteiger partial charge is 0.382 e. The Morgan fingerprint density at radius 3 is 2.41 bits per heavy atom. The maximum atomic E-state index is 12.3. The Morgan fingerprint density at radius 2 is 1.91 bits per heavy atom. The van der Waals surface area contributed by atoms with Crippen molar-refractivity contribution in [2.75, 3.05) is 58.5 Å². The molecule has 5 nitrogen and oxygen atoms in total. The summed E-state index contributed by atoms with van der Waals surface area (Å²) in [5.74, 6) is 1.72. The minimum absolute atomic E-state index is 0.0801. The second kappa shape index (κ2) is 12.2. The van der Waals surface area contributed by atoms with E-state index in [1.54, 1.807) is 26.0 Å². The molecule has 0 aromatic heterocycles. The van der Waals surface area contributed by atoms with Crippen molar-refractivity contribution in [1.29, 1.82) is 0 Å². The van der Waals surface area contributed by atoms with Crippen LogP contribution < -0.4 is 5.32 Å². The van der Waals surface area contributed by atoms with Crippen LogP contribution >= 0.6 is 11.8 Å². The second-order valence-electron chi connectivity index (χ2n) is 5.99. The van der Waals surface area contributed by atoms with Crippen LogP contribution in [0.3, 0.4) is 0 Å². The fourth-order valence-corrected chi connectivity index (χ4v) is 3.24. The molecule has 0 aliphatic rings. The van der Waals surface area contributed by atoms with Crippen LogP contribution in [0.5, 0.6) is 0 Å². The van der Waals surface area contributed by atoms with Crippen molar-refractivity contribution in [2.24, 2.45) is 5.41 Å². The Kier molecular flexibility index (Phi) is 12.0. The van der Waals surface area contributed by atoms with Crippen molar-refractivity contribution < 1.29 is 14.3 Å². The molecule has 0 spiro atoms. The standard InChI is InChI=1S/C16H34N2O3S/c1-7-18(8-2)10-9-17-15(19)16(3,4)13-22-12-14(21-6)11-20-5/h14H,7-13H2,1-6H3,(H,17,19). The van der Waals surface area contributed by atoms with Gasteiger partial charge in [0.25, 0.3) is 0 Å². The van der Waals surface area contributed by atoms with E-state index in [4.69, 9.17) is 9.47 Å². The molecule has 1 amide bonds. The average molecular weight is 335 g/mol. The molecule has 0 aliphatic carbocycles. The SMILES string of the molecule is CCN(CC)CCNC(=O)C(C)(C)CSCC(COC)OC. The van der Waals surface area contributed by atoms with Crippen LogP contribution in [0.4, 0.5) is 0 Å². The number of nitrogens with zero attached hydrogens (tertiary/aromatic N) is 1. The maximum absolute atomic E-state index is 12.3. The Hall–Kier alpha value is -0.300. The molecule has 0 fully saturated rings. The van der Waals surface area contributed by atoms with Gasteiger partial charge in [0.05, 0.1) is 18.1 Å². The molecular weight excluding hydrogens is 300 g/mol. The summed E-state index contributed by atoms with van der Waals surface area (Å²) in [4.78, 5) is 14.6. The van der Waals surface area contributed by atoms with Gasteiger partial charge in [-0.2, -0.15) is 11.8 Å². The van der Waals surface area contributed by atoms with Crippen molar-refractivity contribution in [3.05, 3.63) is 0 Å². The Labute approximate surface area is 140 Å². The minimum atomic E-state index is -0.376. The highest BCUT2D eigenvalue weighted by Crippen LogP contribution is 2.23. The van der Waals surface area contributed by atoms with Gasteiger partial charge in [-0.05, 0) is 13.1 Å². The van der Waals surface area contributed by atoms with Gasteiger partial charge >= 0.3 is 0 Å². The first-order chi connectivity index (χ1) is 10.4. The molecule has 1 unspecified atom stereocenters. The Balaban J connectivity index is 4.06. The van der Waals surface area contributed by atoms with Crippen LogP contribution in [-0.4, -0.2) is 75.4 Å². The third-order valence-corrected chi connectivity index (χ3v) is 5.21. The highest BCUT2D eigenvalue weighted by Gasteiger charge is 2.27. The lowest BCUT2D eigenvalue weighted by Crippen LogP contribution is -2.42. The third kappa shape index (κ3) is 8.98. The van der Waals surface area contributed by atoms with E-state index in [-0.39, 0.29) is 17.4 Å². The van der Waals surface area contributed by atoms with Crippen molar-refractivity contribution in [1.82, 2.24) is 10.2 Å². The summed E-state index contributed by atoms with van der Waals surface area (Å²) in [6.45, 7) is 12.5. The van der Waals surface area contributed by atoms with Gasteiger partial charge in [-0.3, -0.25) is 4.79 Å². The molecule has 0 bridgehead atoms. The van der Waals surface area contributed by atoms with Gasteiger partial charge in [0.1, 0.15) is 0 Å². The summed E-state index contributed by atoms with van der Waals surface area (Å²) < 4.78 is 10.4. The number of methoxy groups -OCH3 is 2. The maximum Gasteiger partial charge on any atom is 0.226 e. The molecule has 6 heteroatoms. The Bertz CT molecular complexity index is 297. The normalized spacial score (nSPS) is 13.4. The zero-order chi connectivity index (χ0) is 17.0. The molecule has 1 N–H and O–H groups in total. The second-order valence-corrected chi connectivity index (χ2v) is 7.03. The van der Waals surface area contributed by atoms with Crippen LogP contribution in [0.1, 0.15) is 27.7 Å². The number of carbonyl (C=O) groups is 1. The number of carbonyl (C=O) groups excluding carboxylic acids is 1. The van der Waals surface area contributed by atoms with Gasteiger partial charge in [0, 0.05) is 38.8 Å². The first kappa shape index (κ1) is 21.7. The van der Waals surface area contributed by atoms with E-state index in [1.165, 1.54) is 0 Å². The third-order valence-electron chi connectivity index (χ3n) is 3.68. The number of thioether (sulfide) groups is 1. The summed E-state index contributed by atoms with van der Waals surface area (Å²) in [6, 6.07) is 0. The van der Waals surface area contributed by atoms with E-state index >= 15 is 0 Å². The molecule has 0 aromatic carbocycles. The molecular formula is C16H34N2O3S. The molecule has 1 atom stereocenters. The number of hydrogen-bond donors (Lipinski definition) is 1. The summed E-state index contributed by atoms with van der Waals surface area (Å²) in [5, 5.41) is 3.05. The van der Waals surface area contributed by atoms with E-state index in [0.29, 0.717) is 13.2 Å². The molecule has 0 saturated heterocycles. The molecule has 0 saturated carbocycles. The number of nitrogens with one attached hydrogen (secondary N) is 1. The van der Waals surface area contributed by atoms with E-state index in [0.717, 1.165) is 31.1 Å². The van der Waals surface area contributed by atoms with Crippen LogP contribution in [0.2, 0.25) is 0 Å². The van der Waals surface area contributed by atoms with E-state index in [9.17, 15) is 4.79 Å². The van der Waals surface area contributed by atoms with Crippen LogP contribution in [0.15, 0.2) is 0 Å². The van der Waals surface area contributed by atoms with Gasteiger partial charge in [-0.15, -0.1) is 0 Å². The Morgan fingerprint density at radius 1 is 1.27 bits per heavy atom.